The first-order valence-electron chi connectivity index (χ1n) is 8.21. The summed E-state index contributed by atoms with van der Waals surface area (Å²) in [6.45, 7) is 6.42. The number of aryl methyl sites for hydroxylation is 1. The van der Waals surface area contributed by atoms with E-state index in [0.717, 1.165) is 36.1 Å². The van der Waals surface area contributed by atoms with Crippen molar-refractivity contribution in [3.8, 4) is 0 Å². The molecule has 1 N–H and O–H groups in total. The normalized spacial score (nSPS) is 15.5. The van der Waals surface area contributed by atoms with E-state index in [0.29, 0.717) is 5.56 Å². The zero-order chi connectivity index (χ0) is 16.2. The van der Waals surface area contributed by atoms with Crippen LogP contribution in [0.3, 0.4) is 0 Å². The van der Waals surface area contributed by atoms with Crippen LogP contribution in [-0.2, 0) is 0 Å². The van der Waals surface area contributed by atoms with E-state index in [4.69, 9.17) is 0 Å². The first-order valence-corrected chi connectivity index (χ1v) is 8.21. The van der Waals surface area contributed by atoms with Gasteiger partial charge in [0.15, 0.2) is 0 Å². The highest BCUT2D eigenvalue weighted by Crippen LogP contribution is 2.22. The van der Waals surface area contributed by atoms with Gasteiger partial charge in [-0.1, -0.05) is 24.6 Å². The monoisotopic (exact) mass is 309 g/mol. The second-order valence-corrected chi connectivity index (χ2v) is 6.39. The number of hydrogen-bond donors (Lipinski definition) is 1. The van der Waals surface area contributed by atoms with Gasteiger partial charge in [0.05, 0.1) is 11.9 Å². The Labute approximate surface area is 137 Å². The molecule has 0 atom stereocenters. The summed E-state index contributed by atoms with van der Waals surface area (Å²) in [5, 5.41) is 2.89. The smallest absolute Gasteiger partial charge is 0.255 e. The van der Waals surface area contributed by atoms with E-state index in [1.54, 1.807) is 6.20 Å². The minimum absolute atomic E-state index is 0.105. The van der Waals surface area contributed by atoms with Gasteiger partial charge in [-0.05, 0) is 49.9 Å². The van der Waals surface area contributed by atoms with Crippen molar-refractivity contribution in [3.05, 3.63) is 53.7 Å². The molecule has 4 heteroatoms. The van der Waals surface area contributed by atoms with E-state index in [1.165, 1.54) is 12.8 Å². The molecule has 3 rings (SSSR count). The lowest BCUT2D eigenvalue weighted by Crippen LogP contribution is -2.33. The molecule has 1 amide bonds. The van der Waals surface area contributed by atoms with Gasteiger partial charge in [0.2, 0.25) is 0 Å². The fourth-order valence-electron chi connectivity index (χ4n) is 2.79. The standard InChI is InChI=1S/C19H23N3O/c1-14-3-5-16(6-4-14)19(23)21-17-7-8-18(20-13-17)22-11-9-15(2)10-12-22/h3-8,13,15H,9-12H2,1-2H3,(H,21,23). The van der Waals surface area contributed by atoms with Gasteiger partial charge in [0.25, 0.3) is 5.91 Å². The topological polar surface area (TPSA) is 45.2 Å². The summed E-state index contributed by atoms with van der Waals surface area (Å²) in [5.74, 6) is 1.69. The van der Waals surface area contributed by atoms with Crippen LogP contribution in [0.25, 0.3) is 0 Å². The van der Waals surface area contributed by atoms with Crippen molar-refractivity contribution >= 4 is 17.4 Å². The minimum atomic E-state index is -0.105. The van der Waals surface area contributed by atoms with E-state index < -0.39 is 0 Å². The Balaban J connectivity index is 1.63. The summed E-state index contributed by atoms with van der Waals surface area (Å²) in [5.41, 5.74) is 2.53. The van der Waals surface area contributed by atoms with E-state index in [9.17, 15) is 4.79 Å². The second kappa shape index (κ2) is 6.82. The number of piperidine rings is 1. The van der Waals surface area contributed by atoms with Gasteiger partial charge in [0, 0.05) is 18.7 Å². The Hall–Kier alpha value is -2.36. The third-order valence-corrected chi connectivity index (χ3v) is 4.43. The number of amides is 1. The van der Waals surface area contributed by atoms with Crippen molar-refractivity contribution < 1.29 is 4.79 Å². The molecule has 1 aliphatic heterocycles. The summed E-state index contributed by atoms with van der Waals surface area (Å²) >= 11 is 0. The number of nitrogens with one attached hydrogen (secondary N) is 1. The molecule has 0 aliphatic carbocycles. The summed E-state index contributed by atoms with van der Waals surface area (Å²) in [7, 11) is 0. The van der Waals surface area contributed by atoms with Gasteiger partial charge >= 0.3 is 0 Å². The summed E-state index contributed by atoms with van der Waals surface area (Å²) in [6, 6.07) is 11.5. The van der Waals surface area contributed by atoms with Gasteiger partial charge in [-0.25, -0.2) is 4.98 Å². The van der Waals surface area contributed by atoms with Gasteiger partial charge in [-0.15, -0.1) is 0 Å². The number of nitrogens with zero attached hydrogens (tertiary/aromatic N) is 2. The number of pyridine rings is 1. The molecule has 1 saturated heterocycles. The first kappa shape index (κ1) is 15.5. The van der Waals surface area contributed by atoms with Crippen LogP contribution < -0.4 is 10.2 Å². The summed E-state index contributed by atoms with van der Waals surface area (Å²) < 4.78 is 0. The molecule has 120 valence electrons. The molecule has 0 radical (unpaired) electrons. The van der Waals surface area contributed by atoms with Crippen molar-refractivity contribution in [1.82, 2.24) is 4.98 Å². The number of hydrogen-bond acceptors (Lipinski definition) is 3. The second-order valence-electron chi connectivity index (χ2n) is 6.39. The quantitative estimate of drug-likeness (QED) is 0.936. The Morgan fingerprint density at radius 1 is 1.13 bits per heavy atom. The van der Waals surface area contributed by atoms with Gasteiger partial charge in [-0.3, -0.25) is 4.79 Å². The molecule has 0 bridgehead atoms. The molecule has 1 fully saturated rings. The van der Waals surface area contributed by atoms with E-state index >= 15 is 0 Å². The van der Waals surface area contributed by atoms with Crippen LogP contribution in [0.15, 0.2) is 42.6 Å². The van der Waals surface area contributed by atoms with Gasteiger partial charge in [-0.2, -0.15) is 0 Å². The molecule has 1 aliphatic rings. The lowest BCUT2D eigenvalue weighted by Gasteiger charge is -2.31. The van der Waals surface area contributed by atoms with Crippen LogP contribution in [0.4, 0.5) is 11.5 Å². The van der Waals surface area contributed by atoms with Crippen LogP contribution in [0.1, 0.15) is 35.7 Å². The maximum atomic E-state index is 12.2. The Bertz CT molecular complexity index is 656. The molecule has 0 saturated carbocycles. The highest BCUT2D eigenvalue weighted by molar-refractivity contribution is 6.04. The van der Waals surface area contributed by atoms with E-state index in [-0.39, 0.29) is 5.91 Å². The van der Waals surface area contributed by atoms with E-state index in [1.807, 2.05) is 43.3 Å². The van der Waals surface area contributed by atoms with Crippen LogP contribution in [0, 0.1) is 12.8 Å². The SMILES string of the molecule is Cc1ccc(C(=O)Nc2ccc(N3CCC(C)CC3)nc2)cc1. The molecular formula is C19H23N3O. The first-order chi connectivity index (χ1) is 11.1. The number of carbonyl (C=O) groups excluding carboxylic acids is 1. The number of benzene rings is 1. The largest absolute Gasteiger partial charge is 0.357 e. The highest BCUT2D eigenvalue weighted by atomic mass is 16.1. The lowest BCUT2D eigenvalue weighted by atomic mass is 9.99. The predicted octanol–water partition coefficient (Wildman–Crippen LogP) is 3.88. The zero-order valence-electron chi connectivity index (χ0n) is 13.7. The van der Waals surface area contributed by atoms with Crippen LogP contribution in [-0.4, -0.2) is 24.0 Å². The fourth-order valence-corrected chi connectivity index (χ4v) is 2.79. The Morgan fingerprint density at radius 3 is 2.43 bits per heavy atom. The van der Waals surface area contributed by atoms with Crippen LogP contribution >= 0.6 is 0 Å². The average Bonchev–Trinajstić information content (AvgIpc) is 2.57. The van der Waals surface area contributed by atoms with Crippen molar-refractivity contribution in [3.63, 3.8) is 0 Å². The highest BCUT2D eigenvalue weighted by Gasteiger charge is 2.16. The lowest BCUT2D eigenvalue weighted by molar-refractivity contribution is 0.102. The summed E-state index contributed by atoms with van der Waals surface area (Å²) in [4.78, 5) is 19.0. The van der Waals surface area contributed by atoms with Crippen LogP contribution in [0.5, 0.6) is 0 Å². The maximum Gasteiger partial charge on any atom is 0.255 e. The van der Waals surface area contributed by atoms with E-state index in [2.05, 4.69) is 22.1 Å². The van der Waals surface area contributed by atoms with Gasteiger partial charge in [0.1, 0.15) is 5.82 Å². The van der Waals surface area contributed by atoms with Crippen molar-refractivity contribution in [2.75, 3.05) is 23.3 Å². The van der Waals surface area contributed by atoms with Crippen molar-refractivity contribution in [1.29, 1.82) is 0 Å². The third kappa shape index (κ3) is 3.89. The Morgan fingerprint density at radius 2 is 1.83 bits per heavy atom. The average molecular weight is 309 g/mol. The molecular weight excluding hydrogens is 286 g/mol. The predicted molar refractivity (Wildman–Crippen MR) is 94.0 cm³/mol. The molecule has 2 aromatic rings. The third-order valence-electron chi connectivity index (χ3n) is 4.43. The van der Waals surface area contributed by atoms with Gasteiger partial charge < -0.3 is 10.2 Å². The Kier molecular flexibility index (Phi) is 4.60. The molecule has 0 unspecified atom stereocenters. The number of rotatable bonds is 3. The molecule has 0 spiro atoms. The van der Waals surface area contributed by atoms with Crippen molar-refractivity contribution in [2.24, 2.45) is 5.92 Å². The number of anilines is 2. The fraction of sp³-hybridized carbons (Fsp3) is 0.368. The molecule has 23 heavy (non-hydrogen) atoms. The number of carbonyl (C=O) groups is 1. The molecule has 1 aromatic carbocycles. The molecule has 2 heterocycles. The molecule has 4 nitrogen and oxygen atoms in total. The van der Waals surface area contributed by atoms with Crippen LogP contribution in [0.2, 0.25) is 0 Å². The van der Waals surface area contributed by atoms with Crippen molar-refractivity contribution in [2.45, 2.75) is 26.7 Å². The maximum absolute atomic E-state index is 12.2. The molecule has 1 aromatic heterocycles. The summed E-state index contributed by atoms with van der Waals surface area (Å²) in [6.07, 6.45) is 4.17. The zero-order valence-corrected chi connectivity index (χ0v) is 13.7. The number of aromatic nitrogens is 1. The minimum Gasteiger partial charge on any atom is -0.357 e.